The van der Waals surface area contributed by atoms with Gasteiger partial charge in [0.2, 0.25) is 0 Å². The molecule has 0 spiro atoms. The highest BCUT2D eigenvalue weighted by Crippen LogP contribution is 2.53. The second-order valence-corrected chi connectivity index (χ2v) is 11.4. The summed E-state index contributed by atoms with van der Waals surface area (Å²) in [5, 5.41) is 10.5. The monoisotopic (exact) mass is 548 g/mol. The third kappa shape index (κ3) is 3.99. The molecule has 2 unspecified atom stereocenters. The molecule has 38 heavy (non-hydrogen) atoms. The lowest BCUT2D eigenvalue weighted by Gasteiger charge is -2.42. The van der Waals surface area contributed by atoms with Crippen LogP contribution in [0.4, 0.5) is 14.9 Å². The van der Waals surface area contributed by atoms with Crippen molar-refractivity contribution in [3.63, 3.8) is 0 Å². The Labute approximate surface area is 227 Å². The lowest BCUT2D eigenvalue weighted by atomic mass is 9.98. The van der Waals surface area contributed by atoms with E-state index >= 15 is 0 Å². The molecule has 1 aliphatic carbocycles. The maximum Gasteiger partial charge on any atom is 0.332 e. The predicted octanol–water partition coefficient (Wildman–Crippen LogP) is 6.02. The second kappa shape index (κ2) is 9.29. The minimum Gasteiger partial charge on any atom is -0.494 e. The molecule has 1 saturated carbocycles. The van der Waals surface area contributed by atoms with E-state index < -0.39 is 23.1 Å². The standard InChI is InChI=1S/C28H22ClFN4O3S/c1-37-23-10-18(19(29)11-20(23)30)24-12-21-25(38-24)26(35)34(22-14-32-13-16-4-2-3-5-17(16)22)27(36)33(21)15-28(6-7-28)8-9-31/h2-5,10-14,21,25H,6-8,15H2,1H3. The Balaban J connectivity index is 1.45. The first-order valence-corrected chi connectivity index (χ1v) is 13.4. The molecule has 1 saturated heterocycles. The van der Waals surface area contributed by atoms with Crippen LogP contribution in [0.3, 0.4) is 0 Å². The number of methoxy groups -OCH3 is 1. The van der Waals surface area contributed by atoms with Gasteiger partial charge in [0.25, 0.3) is 5.91 Å². The Morgan fingerprint density at radius 2 is 2.05 bits per heavy atom. The van der Waals surface area contributed by atoms with Gasteiger partial charge in [0.1, 0.15) is 5.25 Å². The molecule has 0 radical (unpaired) electrons. The number of halogens is 2. The summed E-state index contributed by atoms with van der Waals surface area (Å²) in [6, 6.07) is 11.4. The highest BCUT2D eigenvalue weighted by Gasteiger charge is 2.54. The molecular weight excluding hydrogens is 527 g/mol. The summed E-state index contributed by atoms with van der Waals surface area (Å²) in [7, 11) is 1.37. The zero-order valence-electron chi connectivity index (χ0n) is 20.4. The molecule has 192 valence electrons. The number of fused-ring (bicyclic) bond motifs is 2. The van der Waals surface area contributed by atoms with Crippen molar-refractivity contribution in [2.45, 2.75) is 30.6 Å². The van der Waals surface area contributed by atoms with Crippen LogP contribution in [0.15, 0.2) is 54.9 Å². The quantitative estimate of drug-likeness (QED) is 0.374. The number of rotatable bonds is 6. The lowest BCUT2D eigenvalue weighted by Crippen LogP contribution is -2.63. The van der Waals surface area contributed by atoms with Crippen LogP contribution in [-0.4, -0.2) is 46.8 Å². The smallest absolute Gasteiger partial charge is 0.332 e. The lowest BCUT2D eigenvalue weighted by molar-refractivity contribution is -0.119. The number of carbonyl (C=O) groups is 2. The van der Waals surface area contributed by atoms with E-state index in [9.17, 15) is 19.2 Å². The molecule has 7 nitrogen and oxygen atoms in total. The van der Waals surface area contributed by atoms with Crippen LogP contribution < -0.4 is 9.64 Å². The van der Waals surface area contributed by atoms with Gasteiger partial charge in [-0.05, 0) is 31.1 Å². The summed E-state index contributed by atoms with van der Waals surface area (Å²) in [6.07, 6.45) is 7.10. The van der Waals surface area contributed by atoms with Crippen LogP contribution in [0, 0.1) is 22.6 Å². The Morgan fingerprint density at radius 3 is 2.79 bits per heavy atom. The van der Waals surface area contributed by atoms with Gasteiger partial charge in [0.05, 0.1) is 36.1 Å². The summed E-state index contributed by atoms with van der Waals surface area (Å²) in [6.45, 7) is 0.355. The van der Waals surface area contributed by atoms with Crippen molar-refractivity contribution in [1.82, 2.24) is 9.88 Å². The van der Waals surface area contributed by atoms with E-state index in [0.29, 0.717) is 29.1 Å². The van der Waals surface area contributed by atoms with Crippen LogP contribution in [0.5, 0.6) is 5.75 Å². The highest BCUT2D eigenvalue weighted by molar-refractivity contribution is 8.09. The van der Waals surface area contributed by atoms with Crippen molar-refractivity contribution in [3.8, 4) is 11.8 Å². The first kappa shape index (κ1) is 24.7. The van der Waals surface area contributed by atoms with Crippen molar-refractivity contribution in [1.29, 1.82) is 5.26 Å². The number of urea groups is 1. The molecule has 2 atom stereocenters. The van der Waals surface area contributed by atoms with Gasteiger partial charge in [-0.2, -0.15) is 5.26 Å². The fraction of sp³-hybridized carbons (Fsp3) is 0.286. The van der Waals surface area contributed by atoms with Crippen molar-refractivity contribution in [2.24, 2.45) is 5.41 Å². The summed E-state index contributed by atoms with van der Waals surface area (Å²) < 4.78 is 19.4. The van der Waals surface area contributed by atoms with Crippen LogP contribution in [0.2, 0.25) is 5.02 Å². The Hall–Kier alpha value is -3.61. The molecule has 6 rings (SSSR count). The molecule has 3 aliphatic rings. The number of pyridine rings is 1. The average Bonchev–Trinajstić information content (AvgIpc) is 3.52. The number of carbonyl (C=O) groups excluding carboxylic acids is 2. The van der Waals surface area contributed by atoms with E-state index in [0.717, 1.165) is 23.6 Å². The van der Waals surface area contributed by atoms with E-state index in [1.807, 2.05) is 30.3 Å². The fourth-order valence-electron chi connectivity index (χ4n) is 5.21. The normalized spacial score (nSPS) is 21.8. The van der Waals surface area contributed by atoms with Crippen LogP contribution >= 0.6 is 23.4 Å². The van der Waals surface area contributed by atoms with E-state index in [1.165, 1.54) is 42.1 Å². The van der Waals surface area contributed by atoms with Crippen molar-refractivity contribution >= 4 is 56.7 Å². The van der Waals surface area contributed by atoms with Gasteiger partial charge in [-0.3, -0.25) is 9.78 Å². The first-order chi connectivity index (χ1) is 18.4. The maximum atomic E-state index is 14.2. The molecule has 3 aromatic rings. The largest absolute Gasteiger partial charge is 0.494 e. The van der Waals surface area contributed by atoms with Gasteiger partial charge in [-0.15, -0.1) is 11.8 Å². The molecule has 3 heterocycles. The third-order valence-electron chi connectivity index (χ3n) is 7.46. The predicted molar refractivity (Wildman–Crippen MR) is 144 cm³/mol. The maximum absolute atomic E-state index is 14.2. The van der Waals surface area contributed by atoms with E-state index in [1.54, 1.807) is 11.1 Å². The van der Waals surface area contributed by atoms with Crippen molar-refractivity contribution < 1.29 is 18.7 Å². The third-order valence-corrected chi connectivity index (χ3v) is 9.12. The van der Waals surface area contributed by atoms with Crippen LogP contribution in [-0.2, 0) is 4.79 Å². The van der Waals surface area contributed by atoms with Gasteiger partial charge < -0.3 is 9.64 Å². The minimum absolute atomic E-state index is 0.0365. The van der Waals surface area contributed by atoms with Gasteiger partial charge in [0.15, 0.2) is 11.6 Å². The summed E-state index contributed by atoms with van der Waals surface area (Å²) in [5.74, 6) is -0.910. The van der Waals surface area contributed by atoms with Gasteiger partial charge in [-0.1, -0.05) is 35.9 Å². The zero-order chi connectivity index (χ0) is 26.6. The van der Waals surface area contributed by atoms with E-state index in [2.05, 4.69) is 11.1 Å². The molecule has 3 amide bonds. The van der Waals surface area contributed by atoms with Gasteiger partial charge in [0, 0.05) is 45.8 Å². The van der Waals surface area contributed by atoms with Crippen molar-refractivity contribution in [3.05, 3.63) is 71.3 Å². The molecule has 10 heteroatoms. The Kier molecular flexibility index (Phi) is 6.04. The summed E-state index contributed by atoms with van der Waals surface area (Å²) in [5.41, 5.74) is 0.666. The fourth-order valence-corrected chi connectivity index (χ4v) is 6.88. The summed E-state index contributed by atoms with van der Waals surface area (Å²) in [4.78, 5) is 35.9. The number of hydrogen-bond acceptors (Lipinski definition) is 6. The molecule has 2 aliphatic heterocycles. The summed E-state index contributed by atoms with van der Waals surface area (Å²) >= 11 is 7.71. The molecule has 1 aromatic heterocycles. The number of thioether (sulfide) groups is 1. The number of anilines is 1. The number of aromatic nitrogens is 1. The van der Waals surface area contributed by atoms with Crippen LogP contribution in [0.25, 0.3) is 15.7 Å². The zero-order valence-corrected chi connectivity index (χ0v) is 21.9. The number of imide groups is 1. The number of nitrogens with zero attached hydrogens (tertiary/aromatic N) is 4. The number of amides is 3. The SMILES string of the molecule is COc1cc(C2=CC3C(S2)C(=O)N(c2cncc4ccccc24)C(=O)N3CC2(CC#N)CC2)c(Cl)cc1F. The number of nitriles is 1. The Morgan fingerprint density at radius 1 is 1.26 bits per heavy atom. The molecular formula is C28H22ClFN4O3S. The second-order valence-electron chi connectivity index (χ2n) is 9.83. The van der Waals surface area contributed by atoms with Gasteiger partial charge in [-0.25, -0.2) is 14.1 Å². The average molecular weight is 549 g/mol. The van der Waals surface area contributed by atoms with Crippen LogP contribution in [0.1, 0.15) is 24.8 Å². The topological polar surface area (TPSA) is 86.5 Å². The Bertz CT molecular complexity index is 1560. The first-order valence-electron chi connectivity index (χ1n) is 12.1. The molecule has 2 fully saturated rings. The molecule has 2 aromatic carbocycles. The molecule has 0 bridgehead atoms. The minimum atomic E-state index is -0.647. The van der Waals surface area contributed by atoms with E-state index in [-0.39, 0.29) is 22.1 Å². The van der Waals surface area contributed by atoms with Gasteiger partial charge >= 0.3 is 6.03 Å². The van der Waals surface area contributed by atoms with E-state index in [4.69, 9.17) is 16.3 Å². The molecule has 0 N–H and O–H groups in total. The highest BCUT2D eigenvalue weighted by atomic mass is 35.5. The number of benzene rings is 2. The van der Waals surface area contributed by atoms with Crippen molar-refractivity contribution in [2.75, 3.05) is 18.6 Å². The number of ether oxygens (including phenoxy) is 1. The number of hydrogen-bond donors (Lipinski definition) is 0.